The second-order valence-corrected chi connectivity index (χ2v) is 8.25. The van der Waals surface area contributed by atoms with E-state index in [1.165, 1.54) is 5.56 Å². The van der Waals surface area contributed by atoms with E-state index in [1.807, 2.05) is 74.5 Å². The Morgan fingerprint density at radius 1 is 1.00 bits per heavy atom. The van der Waals surface area contributed by atoms with Gasteiger partial charge in [-0.25, -0.2) is 0 Å². The minimum atomic E-state index is -0.195. The molecule has 0 bridgehead atoms. The van der Waals surface area contributed by atoms with Gasteiger partial charge in [0.2, 0.25) is 0 Å². The zero-order valence-corrected chi connectivity index (χ0v) is 20.4. The first-order valence-electron chi connectivity index (χ1n) is 11.8. The van der Waals surface area contributed by atoms with E-state index in [4.69, 9.17) is 14.2 Å². The van der Waals surface area contributed by atoms with E-state index in [1.54, 1.807) is 18.1 Å². The molecule has 4 rings (SSSR count). The number of nitrogens with zero attached hydrogens (tertiary/aromatic N) is 2. The molecule has 1 amide bonds. The third kappa shape index (κ3) is 6.29. The normalized spacial score (nSPS) is 15.5. The first-order chi connectivity index (χ1) is 17.1. The van der Waals surface area contributed by atoms with Crippen LogP contribution in [0, 0.1) is 6.92 Å². The number of amides is 1. The van der Waals surface area contributed by atoms with Crippen molar-refractivity contribution in [3.05, 3.63) is 95.2 Å². The Bertz CT molecular complexity index is 1210. The minimum Gasteiger partial charge on any atom is -0.497 e. The molecule has 1 heterocycles. The van der Waals surface area contributed by atoms with E-state index < -0.39 is 0 Å². The molecule has 1 aliphatic heterocycles. The van der Waals surface area contributed by atoms with Crippen LogP contribution in [-0.2, 0) is 16.0 Å². The summed E-state index contributed by atoms with van der Waals surface area (Å²) in [6, 6.07) is 23.6. The number of ether oxygens (including phenoxy) is 3. The van der Waals surface area contributed by atoms with Gasteiger partial charge in [0.05, 0.1) is 19.4 Å². The fourth-order valence-corrected chi connectivity index (χ4v) is 3.81. The molecule has 0 atom stereocenters. The van der Waals surface area contributed by atoms with Crippen LogP contribution < -0.4 is 9.47 Å². The molecular formula is C29H30N2O4. The Morgan fingerprint density at radius 2 is 1.74 bits per heavy atom. The fourth-order valence-electron chi connectivity index (χ4n) is 3.81. The highest BCUT2D eigenvalue weighted by Gasteiger charge is 2.34. The summed E-state index contributed by atoms with van der Waals surface area (Å²) in [6.45, 7) is 5.12. The van der Waals surface area contributed by atoms with Crippen LogP contribution in [0.15, 0.2) is 83.5 Å². The second-order valence-electron chi connectivity index (χ2n) is 8.25. The van der Waals surface area contributed by atoms with Crippen molar-refractivity contribution < 1.29 is 19.0 Å². The predicted octanol–water partition coefficient (Wildman–Crippen LogP) is 5.92. The highest BCUT2D eigenvalue weighted by molar-refractivity contribution is 6.11. The Morgan fingerprint density at radius 3 is 2.43 bits per heavy atom. The first kappa shape index (κ1) is 24.1. The Balaban J connectivity index is 1.52. The summed E-state index contributed by atoms with van der Waals surface area (Å²) in [7, 11) is 1.62. The van der Waals surface area contributed by atoms with Crippen molar-refractivity contribution in [1.82, 2.24) is 4.90 Å². The van der Waals surface area contributed by atoms with Gasteiger partial charge in [0.25, 0.3) is 5.91 Å². The van der Waals surface area contributed by atoms with Gasteiger partial charge >= 0.3 is 6.02 Å². The first-order valence-corrected chi connectivity index (χ1v) is 11.8. The summed E-state index contributed by atoms with van der Waals surface area (Å²) in [5, 5.41) is 0. The van der Waals surface area contributed by atoms with E-state index >= 15 is 0 Å². The van der Waals surface area contributed by atoms with E-state index in [2.05, 4.69) is 17.1 Å². The maximum Gasteiger partial charge on any atom is 0.305 e. The lowest BCUT2D eigenvalue weighted by Crippen LogP contribution is -2.31. The molecule has 3 aromatic carbocycles. The molecule has 0 aliphatic carbocycles. The summed E-state index contributed by atoms with van der Waals surface area (Å²) >= 11 is 0. The number of amidine groups is 1. The molecule has 1 aliphatic rings. The van der Waals surface area contributed by atoms with Crippen LogP contribution in [0.25, 0.3) is 6.08 Å². The summed E-state index contributed by atoms with van der Waals surface area (Å²) < 4.78 is 16.7. The average Bonchev–Trinajstić information content (AvgIpc) is 3.14. The quantitative estimate of drug-likeness (QED) is 0.364. The largest absolute Gasteiger partial charge is 0.497 e. The number of methoxy groups -OCH3 is 1. The number of hydrogen-bond donors (Lipinski definition) is 0. The van der Waals surface area contributed by atoms with Crippen molar-refractivity contribution in [2.45, 2.75) is 26.7 Å². The summed E-state index contributed by atoms with van der Waals surface area (Å²) in [6.07, 6.45) is 3.33. The minimum absolute atomic E-state index is 0.195. The van der Waals surface area contributed by atoms with Gasteiger partial charge in [-0.2, -0.15) is 4.99 Å². The van der Waals surface area contributed by atoms with Gasteiger partial charge in [0.1, 0.15) is 11.5 Å². The second kappa shape index (κ2) is 11.4. The Labute approximate surface area is 206 Å². The van der Waals surface area contributed by atoms with Crippen LogP contribution in [-0.4, -0.2) is 37.1 Å². The van der Waals surface area contributed by atoms with Crippen LogP contribution in [0.4, 0.5) is 5.69 Å². The Hall–Kier alpha value is -4.06. The number of carbonyl (C=O) groups is 1. The van der Waals surface area contributed by atoms with Crippen molar-refractivity contribution in [2.75, 3.05) is 20.3 Å². The van der Waals surface area contributed by atoms with Gasteiger partial charge in [-0.3, -0.25) is 9.69 Å². The van der Waals surface area contributed by atoms with Gasteiger partial charge < -0.3 is 14.2 Å². The molecule has 180 valence electrons. The van der Waals surface area contributed by atoms with Crippen molar-refractivity contribution >= 4 is 23.7 Å². The zero-order chi connectivity index (χ0) is 24.6. The topological polar surface area (TPSA) is 60.4 Å². The van der Waals surface area contributed by atoms with Crippen molar-refractivity contribution in [3.63, 3.8) is 0 Å². The molecule has 35 heavy (non-hydrogen) atoms. The molecule has 1 saturated heterocycles. The van der Waals surface area contributed by atoms with Crippen LogP contribution in [0.2, 0.25) is 0 Å². The van der Waals surface area contributed by atoms with Gasteiger partial charge in [-0.1, -0.05) is 36.4 Å². The standard InChI is InChI=1S/C29H30N2O4/c1-4-34-26-16-10-22(11-17-26)8-6-18-31-28(32)27(20-23-12-14-25(33-3)15-13-23)35-29(31)30-24-9-5-7-21(2)19-24/h5,7,9-17,19-20H,4,6,8,18H2,1-3H3/b27-20+,30-29?. The highest BCUT2D eigenvalue weighted by Crippen LogP contribution is 2.25. The van der Waals surface area contributed by atoms with Crippen LogP contribution >= 0.6 is 0 Å². The number of rotatable bonds is 9. The highest BCUT2D eigenvalue weighted by atomic mass is 16.5. The maximum absolute atomic E-state index is 13.3. The van der Waals surface area contributed by atoms with Crippen molar-refractivity contribution in [1.29, 1.82) is 0 Å². The molecule has 6 nitrogen and oxygen atoms in total. The van der Waals surface area contributed by atoms with Crippen LogP contribution in [0.1, 0.15) is 30.0 Å². The summed E-state index contributed by atoms with van der Waals surface area (Å²) in [4.78, 5) is 19.5. The third-order valence-electron chi connectivity index (χ3n) is 5.61. The van der Waals surface area contributed by atoms with E-state index in [-0.39, 0.29) is 11.7 Å². The SMILES string of the molecule is CCOc1ccc(CCCN2C(=O)/C(=C\c3ccc(OC)cc3)OC2=Nc2cccc(C)c2)cc1. The monoisotopic (exact) mass is 470 g/mol. The molecule has 6 heteroatoms. The smallest absolute Gasteiger partial charge is 0.305 e. The van der Waals surface area contributed by atoms with Gasteiger partial charge in [-0.05, 0) is 85.9 Å². The average molecular weight is 471 g/mol. The molecule has 0 radical (unpaired) electrons. The van der Waals surface area contributed by atoms with Gasteiger partial charge in [0.15, 0.2) is 5.76 Å². The molecule has 0 saturated carbocycles. The molecule has 0 N–H and O–H groups in total. The summed E-state index contributed by atoms with van der Waals surface area (Å²) in [5.74, 6) is 1.67. The maximum atomic E-state index is 13.3. The van der Waals surface area contributed by atoms with Crippen molar-refractivity contribution in [3.8, 4) is 11.5 Å². The molecule has 3 aromatic rings. The zero-order valence-electron chi connectivity index (χ0n) is 20.4. The lowest BCUT2D eigenvalue weighted by atomic mass is 10.1. The molecule has 0 aromatic heterocycles. The third-order valence-corrected chi connectivity index (χ3v) is 5.61. The number of benzene rings is 3. The van der Waals surface area contributed by atoms with Gasteiger partial charge in [-0.15, -0.1) is 0 Å². The lowest BCUT2D eigenvalue weighted by Gasteiger charge is -2.13. The molecule has 0 unspecified atom stereocenters. The number of carbonyl (C=O) groups excluding carboxylic acids is 1. The van der Waals surface area contributed by atoms with E-state index in [9.17, 15) is 4.79 Å². The van der Waals surface area contributed by atoms with Gasteiger partial charge in [0, 0.05) is 6.54 Å². The van der Waals surface area contributed by atoms with E-state index in [0.717, 1.165) is 41.2 Å². The molecular weight excluding hydrogens is 440 g/mol. The Kier molecular flexibility index (Phi) is 7.83. The predicted molar refractivity (Wildman–Crippen MR) is 138 cm³/mol. The van der Waals surface area contributed by atoms with E-state index in [0.29, 0.717) is 19.2 Å². The number of aryl methyl sites for hydroxylation is 2. The lowest BCUT2D eigenvalue weighted by molar-refractivity contribution is -0.122. The van der Waals surface area contributed by atoms with Crippen molar-refractivity contribution in [2.24, 2.45) is 4.99 Å². The molecule has 1 fully saturated rings. The van der Waals surface area contributed by atoms with Crippen LogP contribution in [0.3, 0.4) is 0 Å². The number of aliphatic imine (C=N–C) groups is 1. The fraction of sp³-hybridized carbons (Fsp3) is 0.241. The molecule has 0 spiro atoms. The van der Waals surface area contributed by atoms with Crippen LogP contribution in [0.5, 0.6) is 11.5 Å². The number of hydrogen-bond acceptors (Lipinski definition) is 5. The summed E-state index contributed by atoms with van der Waals surface area (Å²) in [5.41, 5.74) is 3.87.